The predicted octanol–water partition coefficient (Wildman–Crippen LogP) is 3.74. The van der Waals surface area contributed by atoms with E-state index in [4.69, 9.17) is 0 Å². The Balaban J connectivity index is 2.17. The maximum Gasteiger partial charge on any atom is 0.195 e. The maximum atomic E-state index is 13.2. The molecule has 0 N–H and O–H groups in total. The second kappa shape index (κ2) is 4.81. The van der Waals surface area contributed by atoms with Gasteiger partial charge in [-0.1, -0.05) is 24.3 Å². The summed E-state index contributed by atoms with van der Waals surface area (Å²) < 4.78 is 26.4. The van der Waals surface area contributed by atoms with Crippen LogP contribution >= 0.6 is 0 Å². The Bertz CT molecular complexity index is 789. The molecule has 0 saturated carbocycles. The van der Waals surface area contributed by atoms with Gasteiger partial charge in [-0.25, -0.2) is 8.78 Å². The summed E-state index contributed by atoms with van der Waals surface area (Å²) in [5.41, 5.74) is 0.300. The number of benzene rings is 2. The third-order valence-electron chi connectivity index (χ3n) is 3.04. The fourth-order valence-electron chi connectivity index (χ4n) is 2.14. The summed E-state index contributed by atoms with van der Waals surface area (Å²) in [6.45, 7) is 0. The Morgan fingerprint density at radius 3 is 2.40 bits per heavy atom. The molecule has 0 saturated heterocycles. The summed E-state index contributed by atoms with van der Waals surface area (Å²) in [5, 5.41) is 1.51. The van der Waals surface area contributed by atoms with Crippen LogP contribution in [-0.4, -0.2) is 10.8 Å². The Morgan fingerprint density at radius 1 is 0.950 bits per heavy atom. The highest BCUT2D eigenvalue weighted by Crippen LogP contribution is 2.21. The first kappa shape index (κ1) is 12.4. The van der Waals surface area contributed by atoms with Crippen molar-refractivity contribution in [2.75, 3.05) is 0 Å². The number of carbonyl (C=O) groups excluding carboxylic acids is 1. The molecule has 0 bridgehead atoms. The SMILES string of the molecule is O=C(c1cc(F)cc(F)c1)c1cncc2ccccc12. The number of pyridine rings is 1. The van der Waals surface area contributed by atoms with Gasteiger partial charge in [-0.2, -0.15) is 0 Å². The molecule has 20 heavy (non-hydrogen) atoms. The minimum Gasteiger partial charge on any atom is -0.289 e. The highest BCUT2D eigenvalue weighted by molar-refractivity contribution is 6.16. The van der Waals surface area contributed by atoms with Crippen molar-refractivity contribution in [1.82, 2.24) is 4.98 Å². The molecule has 4 heteroatoms. The summed E-state index contributed by atoms with van der Waals surface area (Å²) in [4.78, 5) is 16.4. The van der Waals surface area contributed by atoms with Gasteiger partial charge in [0.1, 0.15) is 11.6 Å². The zero-order chi connectivity index (χ0) is 14.1. The van der Waals surface area contributed by atoms with Crippen LogP contribution in [0, 0.1) is 11.6 Å². The highest BCUT2D eigenvalue weighted by Gasteiger charge is 2.14. The third-order valence-corrected chi connectivity index (χ3v) is 3.04. The first-order valence-corrected chi connectivity index (χ1v) is 5.99. The monoisotopic (exact) mass is 269 g/mol. The van der Waals surface area contributed by atoms with Crippen LogP contribution in [0.15, 0.2) is 54.9 Å². The van der Waals surface area contributed by atoms with E-state index in [1.165, 1.54) is 6.20 Å². The van der Waals surface area contributed by atoms with Gasteiger partial charge in [-0.3, -0.25) is 9.78 Å². The molecule has 2 aromatic carbocycles. The summed E-state index contributed by atoms with van der Waals surface area (Å²) in [7, 11) is 0. The van der Waals surface area contributed by atoms with E-state index in [1.54, 1.807) is 18.3 Å². The van der Waals surface area contributed by atoms with Gasteiger partial charge in [0.2, 0.25) is 0 Å². The summed E-state index contributed by atoms with van der Waals surface area (Å²) in [6, 6.07) is 10.0. The van der Waals surface area contributed by atoms with Gasteiger partial charge in [0.15, 0.2) is 5.78 Å². The number of carbonyl (C=O) groups is 1. The highest BCUT2D eigenvalue weighted by atomic mass is 19.1. The normalized spacial score (nSPS) is 10.7. The van der Waals surface area contributed by atoms with E-state index in [2.05, 4.69) is 4.98 Å². The number of fused-ring (bicyclic) bond motifs is 1. The molecule has 0 aliphatic carbocycles. The van der Waals surface area contributed by atoms with Crippen LogP contribution in [0.5, 0.6) is 0 Å². The number of nitrogens with zero attached hydrogens (tertiary/aromatic N) is 1. The van der Waals surface area contributed by atoms with Gasteiger partial charge in [0.05, 0.1) is 0 Å². The minimum absolute atomic E-state index is 0.0272. The summed E-state index contributed by atoms with van der Waals surface area (Å²) >= 11 is 0. The van der Waals surface area contributed by atoms with Crippen molar-refractivity contribution in [3.8, 4) is 0 Å². The largest absolute Gasteiger partial charge is 0.289 e. The van der Waals surface area contributed by atoms with Crippen molar-refractivity contribution < 1.29 is 13.6 Å². The molecule has 3 rings (SSSR count). The Morgan fingerprint density at radius 2 is 1.65 bits per heavy atom. The van der Waals surface area contributed by atoms with Crippen molar-refractivity contribution in [3.63, 3.8) is 0 Å². The molecule has 0 atom stereocenters. The molecule has 0 amide bonds. The number of rotatable bonds is 2. The molecule has 0 spiro atoms. The van der Waals surface area contributed by atoms with E-state index >= 15 is 0 Å². The number of ketones is 1. The van der Waals surface area contributed by atoms with E-state index in [0.717, 1.165) is 23.6 Å². The van der Waals surface area contributed by atoms with E-state index in [0.29, 0.717) is 10.9 Å². The quantitative estimate of drug-likeness (QED) is 0.663. The Hall–Kier alpha value is -2.62. The molecule has 2 nitrogen and oxygen atoms in total. The van der Waals surface area contributed by atoms with Crippen LogP contribution in [0.25, 0.3) is 10.8 Å². The fraction of sp³-hybridized carbons (Fsp3) is 0. The summed E-state index contributed by atoms with van der Waals surface area (Å²) in [5.74, 6) is -2.00. The van der Waals surface area contributed by atoms with Crippen LogP contribution in [-0.2, 0) is 0 Å². The van der Waals surface area contributed by atoms with E-state index in [-0.39, 0.29) is 5.56 Å². The lowest BCUT2D eigenvalue weighted by atomic mass is 9.99. The summed E-state index contributed by atoms with van der Waals surface area (Å²) in [6.07, 6.45) is 3.05. The van der Waals surface area contributed by atoms with E-state index in [1.807, 2.05) is 12.1 Å². The first-order chi connectivity index (χ1) is 9.65. The van der Waals surface area contributed by atoms with Crippen molar-refractivity contribution in [1.29, 1.82) is 0 Å². The number of hydrogen-bond acceptors (Lipinski definition) is 2. The zero-order valence-electron chi connectivity index (χ0n) is 10.3. The Kier molecular flexibility index (Phi) is 2.99. The first-order valence-electron chi connectivity index (χ1n) is 5.99. The smallest absolute Gasteiger partial charge is 0.195 e. The second-order valence-electron chi connectivity index (χ2n) is 4.40. The van der Waals surface area contributed by atoms with E-state index in [9.17, 15) is 13.6 Å². The molecule has 0 aliphatic heterocycles. The average molecular weight is 269 g/mol. The molecule has 98 valence electrons. The molecule has 0 radical (unpaired) electrons. The fourth-order valence-corrected chi connectivity index (χ4v) is 2.14. The lowest BCUT2D eigenvalue weighted by molar-refractivity contribution is 0.103. The average Bonchev–Trinajstić information content (AvgIpc) is 2.45. The van der Waals surface area contributed by atoms with Crippen molar-refractivity contribution in [3.05, 3.63) is 77.6 Å². The van der Waals surface area contributed by atoms with Gasteiger partial charge in [-0.15, -0.1) is 0 Å². The topological polar surface area (TPSA) is 30.0 Å². The maximum absolute atomic E-state index is 13.2. The predicted molar refractivity (Wildman–Crippen MR) is 71.5 cm³/mol. The lowest BCUT2D eigenvalue weighted by Gasteiger charge is -2.05. The zero-order valence-corrected chi connectivity index (χ0v) is 10.3. The second-order valence-corrected chi connectivity index (χ2v) is 4.40. The number of halogens is 2. The van der Waals surface area contributed by atoms with Gasteiger partial charge in [0, 0.05) is 35.0 Å². The molecular weight excluding hydrogens is 260 g/mol. The molecule has 1 heterocycles. The van der Waals surface area contributed by atoms with Gasteiger partial charge < -0.3 is 0 Å². The molecule has 3 aromatic rings. The van der Waals surface area contributed by atoms with Crippen LogP contribution in [0.3, 0.4) is 0 Å². The number of aromatic nitrogens is 1. The van der Waals surface area contributed by atoms with Crippen molar-refractivity contribution >= 4 is 16.6 Å². The van der Waals surface area contributed by atoms with Gasteiger partial charge >= 0.3 is 0 Å². The third kappa shape index (κ3) is 2.16. The van der Waals surface area contributed by atoms with Gasteiger partial charge in [0.25, 0.3) is 0 Å². The minimum atomic E-state index is -0.776. The van der Waals surface area contributed by atoms with Crippen LogP contribution in [0.1, 0.15) is 15.9 Å². The van der Waals surface area contributed by atoms with Crippen LogP contribution in [0.4, 0.5) is 8.78 Å². The molecular formula is C16H9F2NO. The van der Waals surface area contributed by atoms with Crippen LogP contribution < -0.4 is 0 Å². The number of hydrogen-bond donors (Lipinski definition) is 0. The molecule has 0 fully saturated rings. The molecule has 0 unspecified atom stereocenters. The van der Waals surface area contributed by atoms with Crippen molar-refractivity contribution in [2.45, 2.75) is 0 Å². The van der Waals surface area contributed by atoms with Gasteiger partial charge in [-0.05, 0) is 17.5 Å². The molecule has 1 aromatic heterocycles. The standard InChI is InChI=1S/C16H9F2NO/c17-12-5-11(6-13(18)7-12)16(20)15-9-19-8-10-3-1-2-4-14(10)15/h1-9H. The van der Waals surface area contributed by atoms with Crippen molar-refractivity contribution in [2.24, 2.45) is 0 Å². The molecule has 0 aliphatic rings. The van der Waals surface area contributed by atoms with E-state index < -0.39 is 17.4 Å². The van der Waals surface area contributed by atoms with Crippen LogP contribution in [0.2, 0.25) is 0 Å². The Labute approximate surface area is 113 Å². The lowest BCUT2D eigenvalue weighted by Crippen LogP contribution is -2.04.